The van der Waals surface area contributed by atoms with Crippen molar-refractivity contribution in [2.45, 2.75) is 12.5 Å². The topological polar surface area (TPSA) is 45.1 Å². The van der Waals surface area contributed by atoms with Gasteiger partial charge in [0.15, 0.2) is 0 Å². The number of rotatable bonds is 4. The van der Waals surface area contributed by atoms with Gasteiger partial charge >= 0.3 is 0 Å². The van der Waals surface area contributed by atoms with E-state index in [1.54, 1.807) is 12.4 Å². The van der Waals surface area contributed by atoms with Crippen LogP contribution in [0.15, 0.2) is 54.9 Å². The number of benzene rings is 1. The second-order valence-electron chi connectivity index (χ2n) is 4.22. The maximum Gasteiger partial charge on any atom is 0.0828 e. The van der Waals surface area contributed by atoms with E-state index in [4.69, 9.17) is 0 Å². The van der Waals surface area contributed by atoms with Gasteiger partial charge in [-0.2, -0.15) is 0 Å². The van der Waals surface area contributed by atoms with Crippen molar-refractivity contribution in [2.24, 2.45) is 0 Å². The van der Waals surface area contributed by atoms with Crippen molar-refractivity contribution >= 4 is 5.69 Å². The first-order valence-electron chi connectivity index (χ1n) is 5.59. The van der Waals surface area contributed by atoms with E-state index in [1.807, 2.05) is 49.4 Å². The first-order chi connectivity index (χ1) is 8.24. The van der Waals surface area contributed by atoms with E-state index in [0.717, 1.165) is 11.3 Å². The second-order valence-corrected chi connectivity index (χ2v) is 4.22. The Hall–Kier alpha value is -1.87. The van der Waals surface area contributed by atoms with Crippen LogP contribution >= 0.6 is 0 Å². The quantitative estimate of drug-likeness (QED) is 0.844. The smallest absolute Gasteiger partial charge is 0.0828 e. The van der Waals surface area contributed by atoms with E-state index < -0.39 is 5.54 Å². The molecular formula is C14H16N2O. The molecule has 1 unspecified atom stereocenters. The number of anilines is 1. The van der Waals surface area contributed by atoms with Crippen molar-refractivity contribution in [2.75, 3.05) is 11.9 Å². The van der Waals surface area contributed by atoms with E-state index in [2.05, 4.69) is 10.3 Å². The lowest BCUT2D eigenvalue weighted by Crippen LogP contribution is -2.35. The fourth-order valence-electron chi connectivity index (χ4n) is 1.76. The minimum absolute atomic E-state index is 0.0271. The summed E-state index contributed by atoms with van der Waals surface area (Å²) in [5.41, 5.74) is 1.52. The molecule has 0 aliphatic carbocycles. The minimum atomic E-state index is -0.484. The number of aliphatic hydroxyl groups is 1. The molecule has 1 heterocycles. The molecule has 17 heavy (non-hydrogen) atoms. The predicted octanol–water partition coefficient (Wildman–Crippen LogP) is 2.40. The maximum atomic E-state index is 9.62. The van der Waals surface area contributed by atoms with Crippen LogP contribution in [0.1, 0.15) is 12.5 Å². The average Bonchev–Trinajstić information content (AvgIpc) is 2.41. The Morgan fingerprint density at radius 1 is 1.12 bits per heavy atom. The first kappa shape index (κ1) is 11.6. The fourth-order valence-corrected chi connectivity index (χ4v) is 1.76. The first-order valence-corrected chi connectivity index (χ1v) is 5.59. The van der Waals surface area contributed by atoms with Crippen molar-refractivity contribution in [1.29, 1.82) is 0 Å². The highest BCUT2D eigenvalue weighted by Crippen LogP contribution is 2.25. The third-order valence-corrected chi connectivity index (χ3v) is 2.83. The molecule has 0 bridgehead atoms. The van der Waals surface area contributed by atoms with Gasteiger partial charge in [0.05, 0.1) is 12.1 Å². The fraction of sp³-hybridized carbons (Fsp3) is 0.214. The van der Waals surface area contributed by atoms with Crippen LogP contribution < -0.4 is 5.32 Å². The Morgan fingerprint density at radius 2 is 1.76 bits per heavy atom. The highest BCUT2D eigenvalue weighted by molar-refractivity contribution is 5.46. The molecule has 0 aliphatic rings. The van der Waals surface area contributed by atoms with E-state index in [0.29, 0.717) is 0 Å². The number of nitrogens with one attached hydrogen (secondary N) is 1. The Morgan fingerprint density at radius 3 is 2.35 bits per heavy atom. The molecule has 2 aromatic rings. The van der Waals surface area contributed by atoms with Crippen LogP contribution in [0.3, 0.4) is 0 Å². The molecule has 0 saturated carbocycles. The van der Waals surface area contributed by atoms with Crippen molar-refractivity contribution in [3.05, 3.63) is 60.4 Å². The lowest BCUT2D eigenvalue weighted by atomic mass is 9.92. The number of nitrogens with zero attached hydrogens (tertiary/aromatic N) is 1. The molecule has 1 atom stereocenters. The summed E-state index contributed by atoms with van der Waals surface area (Å²) < 4.78 is 0. The van der Waals surface area contributed by atoms with E-state index in [1.165, 1.54) is 0 Å². The summed E-state index contributed by atoms with van der Waals surface area (Å²) in [6.45, 7) is 2.00. The third-order valence-electron chi connectivity index (χ3n) is 2.83. The maximum absolute atomic E-state index is 9.62. The van der Waals surface area contributed by atoms with Gasteiger partial charge in [0, 0.05) is 18.1 Å². The van der Waals surface area contributed by atoms with Gasteiger partial charge in [-0.25, -0.2) is 0 Å². The summed E-state index contributed by atoms with van der Waals surface area (Å²) in [5, 5.41) is 13.0. The Balaban J connectivity index is 2.27. The van der Waals surface area contributed by atoms with Crippen LogP contribution in [0, 0.1) is 0 Å². The van der Waals surface area contributed by atoms with E-state index >= 15 is 0 Å². The number of pyridine rings is 1. The molecule has 0 saturated heterocycles. The highest BCUT2D eigenvalue weighted by Gasteiger charge is 2.25. The summed E-state index contributed by atoms with van der Waals surface area (Å²) >= 11 is 0. The molecular weight excluding hydrogens is 212 g/mol. The molecule has 88 valence electrons. The molecule has 2 rings (SSSR count). The molecule has 0 amide bonds. The normalized spacial score (nSPS) is 14.0. The molecule has 3 nitrogen and oxygen atoms in total. The van der Waals surface area contributed by atoms with Crippen LogP contribution in [-0.4, -0.2) is 16.7 Å². The highest BCUT2D eigenvalue weighted by atomic mass is 16.3. The van der Waals surface area contributed by atoms with Gasteiger partial charge in [-0.15, -0.1) is 0 Å². The van der Waals surface area contributed by atoms with Gasteiger partial charge in [0.2, 0.25) is 0 Å². The molecule has 0 aliphatic heterocycles. The zero-order chi connectivity index (χ0) is 12.1. The van der Waals surface area contributed by atoms with Crippen LogP contribution in [0.25, 0.3) is 0 Å². The van der Waals surface area contributed by atoms with Crippen molar-refractivity contribution in [1.82, 2.24) is 4.98 Å². The van der Waals surface area contributed by atoms with E-state index in [-0.39, 0.29) is 6.61 Å². The van der Waals surface area contributed by atoms with Crippen molar-refractivity contribution < 1.29 is 5.11 Å². The molecule has 3 heteroatoms. The van der Waals surface area contributed by atoms with Gasteiger partial charge in [-0.1, -0.05) is 30.3 Å². The lowest BCUT2D eigenvalue weighted by Gasteiger charge is -2.30. The van der Waals surface area contributed by atoms with Crippen molar-refractivity contribution in [3.8, 4) is 0 Å². The SMILES string of the molecule is CC(CO)(Nc1ccncc1)c1ccccc1. The Labute approximate surface area is 101 Å². The molecule has 1 aromatic carbocycles. The minimum Gasteiger partial charge on any atom is -0.394 e. The molecule has 0 radical (unpaired) electrons. The second kappa shape index (κ2) is 4.97. The van der Waals surface area contributed by atoms with Crippen LogP contribution in [-0.2, 0) is 5.54 Å². The van der Waals surface area contributed by atoms with Crippen LogP contribution in [0.2, 0.25) is 0 Å². The number of aliphatic hydroxyl groups excluding tert-OH is 1. The number of aromatic nitrogens is 1. The number of hydrogen-bond acceptors (Lipinski definition) is 3. The third kappa shape index (κ3) is 2.63. The summed E-state index contributed by atoms with van der Waals surface area (Å²) in [6.07, 6.45) is 3.45. The molecule has 0 fully saturated rings. The number of hydrogen-bond donors (Lipinski definition) is 2. The van der Waals surface area contributed by atoms with Gasteiger partial charge in [-0.05, 0) is 24.6 Å². The predicted molar refractivity (Wildman–Crippen MR) is 68.7 cm³/mol. The largest absolute Gasteiger partial charge is 0.394 e. The average molecular weight is 228 g/mol. The standard InChI is InChI=1S/C14H16N2O/c1-14(11-17,12-5-3-2-4-6-12)16-13-7-9-15-10-8-13/h2-10,17H,11H2,1H3,(H,15,16). The molecule has 0 spiro atoms. The van der Waals surface area contributed by atoms with E-state index in [9.17, 15) is 5.11 Å². The molecule has 1 aromatic heterocycles. The van der Waals surface area contributed by atoms with Crippen LogP contribution in [0.5, 0.6) is 0 Å². The zero-order valence-electron chi connectivity index (χ0n) is 9.80. The lowest BCUT2D eigenvalue weighted by molar-refractivity contribution is 0.224. The zero-order valence-corrected chi connectivity index (χ0v) is 9.80. The Kier molecular flexibility index (Phi) is 3.40. The summed E-state index contributed by atoms with van der Waals surface area (Å²) in [5.74, 6) is 0. The van der Waals surface area contributed by atoms with Gasteiger partial charge in [0.25, 0.3) is 0 Å². The van der Waals surface area contributed by atoms with Gasteiger partial charge in [-0.3, -0.25) is 4.98 Å². The van der Waals surface area contributed by atoms with Gasteiger partial charge < -0.3 is 10.4 Å². The molecule has 2 N–H and O–H groups in total. The summed E-state index contributed by atoms with van der Waals surface area (Å²) in [6, 6.07) is 13.7. The summed E-state index contributed by atoms with van der Waals surface area (Å²) in [7, 11) is 0. The van der Waals surface area contributed by atoms with Crippen molar-refractivity contribution in [3.63, 3.8) is 0 Å². The van der Waals surface area contributed by atoms with Gasteiger partial charge in [0.1, 0.15) is 0 Å². The van der Waals surface area contributed by atoms with Crippen LogP contribution in [0.4, 0.5) is 5.69 Å². The monoisotopic (exact) mass is 228 g/mol. The Bertz CT molecular complexity index is 458. The summed E-state index contributed by atoms with van der Waals surface area (Å²) in [4.78, 5) is 3.97.